The molecule has 0 saturated heterocycles. The van der Waals surface area contributed by atoms with Crippen molar-refractivity contribution >= 4 is 11.0 Å². The summed E-state index contributed by atoms with van der Waals surface area (Å²) in [5, 5.41) is 0. The molecule has 1 heterocycles. The summed E-state index contributed by atoms with van der Waals surface area (Å²) in [7, 11) is -1.31. The molecule has 0 saturated carbocycles. The van der Waals surface area contributed by atoms with E-state index < -0.39 is 22.2 Å². The number of ether oxygens (including phenoxy) is 2. The van der Waals surface area contributed by atoms with Crippen LogP contribution in [0, 0.1) is 5.92 Å². The standard InChI is InChI=1S/C26H33N3O5S/c1-3-20(2)18-34-23-12-7-11-22(17-23)25(21-9-5-4-6-10-21)28-35(32)16-8-15-33-19-29-14-13-24(30)27-26(29)31/h4-7,9-14,17,20,25,28H,3,8,15-16,18-19H2,1-2H3,(H,27,30,31)/t20-,25?,35?/m0/s1. The Morgan fingerprint density at radius 2 is 1.83 bits per heavy atom. The average Bonchev–Trinajstić information content (AvgIpc) is 2.87. The molecule has 3 rings (SSSR count). The van der Waals surface area contributed by atoms with Gasteiger partial charge in [0, 0.05) is 24.6 Å². The molecule has 3 atom stereocenters. The Hall–Kier alpha value is -3.01. The van der Waals surface area contributed by atoms with Gasteiger partial charge in [-0.25, -0.2) is 13.7 Å². The van der Waals surface area contributed by atoms with Crippen molar-refractivity contribution in [3.05, 3.63) is 98.8 Å². The van der Waals surface area contributed by atoms with Gasteiger partial charge >= 0.3 is 5.69 Å². The summed E-state index contributed by atoms with van der Waals surface area (Å²) in [6.07, 6.45) is 2.97. The van der Waals surface area contributed by atoms with E-state index in [0.29, 0.717) is 31.3 Å². The number of nitrogens with one attached hydrogen (secondary N) is 2. The largest absolute Gasteiger partial charge is 0.493 e. The highest BCUT2D eigenvalue weighted by atomic mass is 32.2. The van der Waals surface area contributed by atoms with Crippen molar-refractivity contribution < 1.29 is 13.7 Å². The monoisotopic (exact) mass is 499 g/mol. The molecule has 0 spiro atoms. The molecule has 9 heteroatoms. The SMILES string of the molecule is CC[C@H](C)COc1cccc(C(NS(=O)CCCOCn2ccc(=O)[nH]c2=O)c2ccccc2)c1. The Morgan fingerprint density at radius 1 is 1.06 bits per heavy atom. The quantitative estimate of drug-likeness (QED) is 0.331. The Bertz CT molecular complexity index is 1200. The van der Waals surface area contributed by atoms with Crippen LogP contribution in [0.2, 0.25) is 0 Å². The lowest BCUT2D eigenvalue weighted by Gasteiger charge is -2.20. The molecule has 188 valence electrons. The molecule has 0 amide bonds. The van der Waals surface area contributed by atoms with E-state index >= 15 is 0 Å². The molecule has 8 nitrogen and oxygen atoms in total. The molecular weight excluding hydrogens is 466 g/mol. The first-order chi connectivity index (χ1) is 17.0. The number of hydrogen-bond donors (Lipinski definition) is 2. The van der Waals surface area contributed by atoms with Crippen LogP contribution >= 0.6 is 0 Å². The highest BCUT2D eigenvalue weighted by Gasteiger charge is 2.17. The van der Waals surface area contributed by atoms with Crippen molar-refractivity contribution in [3.8, 4) is 5.75 Å². The molecule has 0 bridgehead atoms. The van der Waals surface area contributed by atoms with E-state index in [9.17, 15) is 13.8 Å². The zero-order chi connectivity index (χ0) is 25.0. The van der Waals surface area contributed by atoms with Crippen LogP contribution in [0.5, 0.6) is 5.75 Å². The van der Waals surface area contributed by atoms with Crippen molar-refractivity contribution in [2.45, 2.75) is 39.5 Å². The fraction of sp³-hybridized carbons (Fsp3) is 0.385. The molecule has 2 N–H and O–H groups in total. The highest BCUT2D eigenvalue weighted by molar-refractivity contribution is 7.83. The summed E-state index contributed by atoms with van der Waals surface area (Å²) in [6.45, 7) is 5.30. The molecule has 0 fully saturated rings. The molecule has 1 aromatic heterocycles. The fourth-order valence-electron chi connectivity index (χ4n) is 3.31. The number of aromatic nitrogens is 2. The van der Waals surface area contributed by atoms with E-state index in [1.54, 1.807) is 0 Å². The van der Waals surface area contributed by atoms with Crippen LogP contribution in [-0.2, 0) is 22.5 Å². The van der Waals surface area contributed by atoms with Crippen LogP contribution in [0.3, 0.4) is 0 Å². The minimum atomic E-state index is -1.31. The van der Waals surface area contributed by atoms with E-state index in [4.69, 9.17) is 9.47 Å². The number of nitrogens with zero attached hydrogens (tertiary/aromatic N) is 1. The summed E-state index contributed by atoms with van der Waals surface area (Å²) in [4.78, 5) is 25.0. The second-order valence-corrected chi connectivity index (χ2v) is 9.71. The van der Waals surface area contributed by atoms with Crippen LogP contribution in [-0.4, -0.2) is 32.7 Å². The molecule has 0 aliphatic carbocycles. The van der Waals surface area contributed by atoms with Gasteiger partial charge in [-0.3, -0.25) is 14.3 Å². The molecule has 35 heavy (non-hydrogen) atoms. The van der Waals surface area contributed by atoms with Gasteiger partial charge in [-0.15, -0.1) is 0 Å². The van der Waals surface area contributed by atoms with Crippen LogP contribution in [0.15, 0.2) is 76.4 Å². The maximum Gasteiger partial charge on any atom is 0.330 e. The highest BCUT2D eigenvalue weighted by Crippen LogP contribution is 2.26. The Kier molecular flexibility index (Phi) is 10.5. The van der Waals surface area contributed by atoms with Gasteiger partial charge < -0.3 is 9.47 Å². The number of rotatable bonds is 14. The lowest BCUT2D eigenvalue weighted by atomic mass is 9.99. The number of hydrogen-bond acceptors (Lipinski definition) is 5. The second-order valence-electron chi connectivity index (χ2n) is 8.38. The van der Waals surface area contributed by atoms with Crippen molar-refractivity contribution in [2.75, 3.05) is 19.0 Å². The third-order valence-electron chi connectivity index (χ3n) is 5.55. The van der Waals surface area contributed by atoms with E-state index in [1.165, 1.54) is 16.8 Å². The molecule has 2 aromatic carbocycles. The summed E-state index contributed by atoms with van der Waals surface area (Å²) in [5.74, 6) is 1.65. The fourth-order valence-corrected chi connectivity index (χ4v) is 4.34. The molecule has 0 radical (unpaired) electrons. The van der Waals surface area contributed by atoms with Crippen LogP contribution in [0.25, 0.3) is 0 Å². The topological polar surface area (TPSA) is 102 Å². The van der Waals surface area contributed by atoms with E-state index in [0.717, 1.165) is 23.3 Å². The van der Waals surface area contributed by atoms with Gasteiger partial charge in [0.05, 0.1) is 23.6 Å². The number of H-pyrrole nitrogens is 1. The van der Waals surface area contributed by atoms with E-state index in [-0.39, 0.29) is 12.8 Å². The van der Waals surface area contributed by atoms with Crippen molar-refractivity contribution in [2.24, 2.45) is 5.92 Å². The van der Waals surface area contributed by atoms with Gasteiger partial charge in [-0.05, 0) is 35.6 Å². The zero-order valence-electron chi connectivity index (χ0n) is 20.1. The number of aromatic amines is 1. The Morgan fingerprint density at radius 3 is 2.57 bits per heavy atom. The van der Waals surface area contributed by atoms with Gasteiger partial charge in [0.1, 0.15) is 12.5 Å². The minimum Gasteiger partial charge on any atom is -0.493 e. The predicted octanol–water partition coefficient (Wildman–Crippen LogP) is 3.37. The molecular formula is C26H33N3O5S. The molecule has 0 aliphatic heterocycles. The summed E-state index contributed by atoms with van der Waals surface area (Å²) >= 11 is 0. The second kappa shape index (κ2) is 13.8. The maximum atomic E-state index is 12.9. The Labute approximate surface area is 207 Å². The zero-order valence-corrected chi connectivity index (χ0v) is 21.0. The van der Waals surface area contributed by atoms with Crippen LogP contribution < -0.4 is 20.7 Å². The lowest BCUT2D eigenvalue weighted by molar-refractivity contribution is 0.0746. The normalized spacial score (nSPS) is 13.8. The van der Waals surface area contributed by atoms with Gasteiger partial charge in [0.2, 0.25) is 0 Å². The van der Waals surface area contributed by atoms with Crippen molar-refractivity contribution in [1.82, 2.24) is 14.3 Å². The molecule has 3 aromatic rings. The van der Waals surface area contributed by atoms with E-state index in [2.05, 4.69) is 23.6 Å². The molecule has 0 aliphatic rings. The number of benzene rings is 2. The third kappa shape index (κ3) is 8.61. The summed E-state index contributed by atoms with van der Waals surface area (Å²) < 4.78 is 28.9. The minimum absolute atomic E-state index is 0.0196. The summed E-state index contributed by atoms with van der Waals surface area (Å²) in [5.41, 5.74) is 1.01. The summed E-state index contributed by atoms with van der Waals surface area (Å²) in [6, 6.07) is 18.8. The van der Waals surface area contributed by atoms with Crippen molar-refractivity contribution in [1.29, 1.82) is 0 Å². The first kappa shape index (κ1) is 26.6. The smallest absolute Gasteiger partial charge is 0.330 e. The van der Waals surface area contributed by atoms with Crippen LogP contribution in [0.4, 0.5) is 0 Å². The Balaban J connectivity index is 1.58. The lowest BCUT2D eigenvalue weighted by Crippen LogP contribution is -2.29. The average molecular weight is 500 g/mol. The van der Waals surface area contributed by atoms with E-state index in [1.807, 2.05) is 54.6 Å². The maximum absolute atomic E-state index is 12.9. The van der Waals surface area contributed by atoms with Crippen LogP contribution in [0.1, 0.15) is 43.9 Å². The van der Waals surface area contributed by atoms with Crippen molar-refractivity contribution in [3.63, 3.8) is 0 Å². The first-order valence-corrected chi connectivity index (χ1v) is 13.1. The first-order valence-electron chi connectivity index (χ1n) is 11.8. The third-order valence-corrected chi connectivity index (χ3v) is 6.71. The predicted molar refractivity (Wildman–Crippen MR) is 138 cm³/mol. The van der Waals surface area contributed by atoms with Gasteiger partial charge in [-0.1, -0.05) is 62.7 Å². The van der Waals surface area contributed by atoms with Gasteiger partial charge in [-0.2, -0.15) is 0 Å². The molecule has 2 unspecified atom stereocenters. The van der Waals surface area contributed by atoms with Gasteiger partial charge in [0.25, 0.3) is 5.56 Å². The van der Waals surface area contributed by atoms with Gasteiger partial charge in [0.15, 0.2) is 0 Å².